The van der Waals surface area contributed by atoms with Crippen LogP contribution < -0.4 is 0 Å². The van der Waals surface area contributed by atoms with E-state index in [0.717, 1.165) is 36.5 Å². The van der Waals surface area contributed by atoms with Gasteiger partial charge in [-0.2, -0.15) is 0 Å². The molecular formula is C16H30O. The van der Waals surface area contributed by atoms with Crippen LogP contribution in [0.1, 0.15) is 71.6 Å². The molecule has 0 spiro atoms. The van der Waals surface area contributed by atoms with Gasteiger partial charge in [0.2, 0.25) is 0 Å². The lowest BCUT2D eigenvalue weighted by Crippen LogP contribution is -2.32. The average Bonchev–Trinajstić information content (AvgIpc) is 2.31. The summed E-state index contributed by atoms with van der Waals surface area (Å²) in [7, 11) is 0. The second-order valence-corrected chi connectivity index (χ2v) is 6.68. The first-order valence-electron chi connectivity index (χ1n) is 7.88. The lowest BCUT2D eigenvalue weighted by atomic mass is 9.65. The number of hydrogen-bond acceptors (Lipinski definition) is 1. The van der Waals surface area contributed by atoms with Crippen LogP contribution >= 0.6 is 0 Å². The first-order chi connectivity index (χ1) is 8.20. The Bertz CT molecular complexity index is 218. The summed E-state index contributed by atoms with van der Waals surface area (Å²) in [6.07, 6.45) is 11.9. The maximum atomic E-state index is 9.60. The molecule has 2 rings (SSSR count). The van der Waals surface area contributed by atoms with E-state index < -0.39 is 0 Å². The predicted octanol–water partition coefficient (Wildman–Crippen LogP) is 4.39. The van der Waals surface area contributed by atoms with E-state index in [1.54, 1.807) is 0 Å². The lowest BCUT2D eigenvalue weighted by Gasteiger charge is -2.41. The minimum absolute atomic E-state index is 0.0120. The van der Waals surface area contributed by atoms with Gasteiger partial charge in [-0.05, 0) is 62.2 Å². The van der Waals surface area contributed by atoms with E-state index in [0.29, 0.717) is 0 Å². The second kappa shape index (κ2) is 6.22. The topological polar surface area (TPSA) is 20.2 Å². The Kier molecular flexibility index (Phi) is 4.90. The van der Waals surface area contributed by atoms with Gasteiger partial charge >= 0.3 is 0 Å². The van der Waals surface area contributed by atoms with Crippen molar-refractivity contribution in [1.29, 1.82) is 0 Å². The summed E-state index contributed by atoms with van der Waals surface area (Å²) >= 11 is 0. The van der Waals surface area contributed by atoms with Crippen LogP contribution in [0.25, 0.3) is 0 Å². The fourth-order valence-corrected chi connectivity index (χ4v) is 4.43. The van der Waals surface area contributed by atoms with E-state index in [9.17, 15) is 5.11 Å². The molecule has 0 amide bonds. The van der Waals surface area contributed by atoms with Crippen LogP contribution in [0.4, 0.5) is 0 Å². The molecule has 1 nitrogen and oxygen atoms in total. The minimum Gasteiger partial charge on any atom is -0.393 e. The highest BCUT2D eigenvalue weighted by molar-refractivity contribution is 4.85. The maximum Gasteiger partial charge on any atom is 0.0540 e. The molecule has 0 aliphatic heterocycles. The van der Waals surface area contributed by atoms with E-state index in [4.69, 9.17) is 0 Å². The van der Waals surface area contributed by atoms with E-state index in [1.165, 1.54) is 44.9 Å². The Balaban J connectivity index is 1.82. The van der Waals surface area contributed by atoms with Crippen molar-refractivity contribution in [1.82, 2.24) is 0 Å². The van der Waals surface area contributed by atoms with Crippen molar-refractivity contribution < 1.29 is 5.11 Å². The van der Waals surface area contributed by atoms with Gasteiger partial charge < -0.3 is 5.11 Å². The molecule has 0 aromatic carbocycles. The van der Waals surface area contributed by atoms with E-state index in [1.807, 2.05) is 0 Å². The number of hydrogen-bond donors (Lipinski definition) is 1. The summed E-state index contributed by atoms with van der Waals surface area (Å²) in [4.78, 5) is 0. The Morgan fingerprint density at radius 3 is 2.29 bits per heavy atom. The maximum absolute atomic E-state index is 9.60. The van der Waals surface area contributed by atoms with Crippen molar-refractivity contribution >= 4 is 0 Å². The zero-order valence-electron chi connectivity index (χ0n) is 11.7. The van der Waals surface area contributed by atoms with Crippen molar-refractivity contribution in [3.05, 3.63) is 0 Å². The van der Waals surface area contributed by atoms with Crippen molar-refractivity contribution in [3.8, 4) is 0 Å². The third-order valence-electron chi connectivity index (χ3n) is 5.39. The Hall–Kier alpha value is -0.0400. The zero-order valence-corrected chi connectivity index (χ0v) is 11.7. The van der Waals surface area contributed by atoms with Crippen LogP contribution in [-0.2, 0) is 0 Å². The Labute approximate surface area is 107 Å². The summed E-state index contributed by atoms with van der Waals surface area (Å²) in [6, 6.07) is 0. The molecule has 100 valence electrons. The van der Waals surface area contributed by atoms with Crippen molar-refractivity contribution in [3.63, 3.8) is 0 Å². The van der Waals surface area contributed by atoms with Crippen LogP contribution in [0.15, 0.2) is 0 Å². The molecule has 1 heteroatoms. The quantitative estimate of drug-likeness (QED) is 0.773. The van der Waals surface area contributed by atoms with E-state index in [2.05, 4.69) is 13.8 Å². The van der Waals surface area contributed by atoms with Gasteiger partial charge in [0.15, 0.2) is 0 Å². The molecule has 2 fully saturated rings. The highest BCUT2D eigenvalue weighted by atomic mass is 16.3. The third kappa shape index (κ3) is 3.47. The Morgan fingerprint density at radius 1 is 1.00 bits per heavy atom. The zero-order chi connectivity index (χ0) is 12.3. The molecule has 0 bridgehead atoms. The molecule has 0 heterocycles. The van der Waals surface area contributed by atoms with Crippen LogP contribution in [0.3, 0.4) is 0 Å². The summed E-state index contributed by atoms with van der Waals surface area (Å²) in [5, 5.41) is 9.60. The molecule has 0 saturated heterocycles. The third-order valence-corrected chi connectivity index (χ3v) is 5.39. The fourth-order valence-electron chi connectivity index (χ4n) is 4.43. The smallest absolute Gasteiger partial charge is 0.0540 e. The van der Waals surface area contributed by atoms with Gasteiger partial charge in [0, 0.05) is 0 Å². The molecule has 2 aliphatic carbocycles. The van der Waals surface area contributed by atoms with Crippen LogP contribution in [-0.4, -0.2) is 11.2 Å². The summed E-state index contributed by atoms with van der Waals surface area (Å²) in [6.45, 7) is 4.80. The van der Waals surface area contributed by atoms with Gasteiger partial charge in [-0.25, -0.2) is 0 Å². The van der Waals surface area contributed by atoms with E-state index >= 15 is 0 Å². The van der Waals surface area contributed by atoms with Crippen molar-refractivity contribution in [2.75, 3.05) is 0 Å². The molecule has 3 unspecified atom stereocenters. The van der Waals surface area contributed by atoms with Gasteiger partial charge in [0.1, 0.15) is 0 Å². The van der Waals surface area contributed by atoms with Gasteiger partial charge in [0.05, 0.1) is 6.10 Å². The van der Waals surface area contributed by atoms with Crippen LogP contribution in [0.2, 0.25) is 0 Å². The largest absolute Gasteiger partial charge is 0.393 e. The van der Waals surface area contributed by atoms with Gasteiger partial charge in [-0.3, -0.25) is 0 Å². The highest BCUT2D eigenvalue weighted by Crippen LogP contribution is 2.44. The monoisotopic (exact) mass is 238 g/mol. The lowest BCUT2D eigenvalue weighted by molar-refractivity contribution is 0.0550. The first kappa shape index (κ1) is 13.4. The highest BCUT2D eigenvalue weighted by Gasteiger charge is 2.34. The average molecular weight is 238 g/mol. The fraction of sp³-hybridized carbons (Fsp3) is 1.00. The number of aliphatic hydroxyl groups excluding tert-OH is 1. The minimum atomic E-state index is 0.0120. The summed E-state index contributed by atoms with van der Waals surface area (Å²) in [5.74, 6) is 3.84. The molecule has 0 radical (unpaired) electrons. The van der Waals surface area contributed by atoms with Crippen LogP contribution in [0.5, 0.6) is 0 Å². The molecule has 2 saturated carbocycles. The molecule has 1 N–H and O–H groups in total. The second-order valence-electron chi connectivity index (χ2n) is 6.68. The molecule has 0 aromatic heterocycles. The summed E-state index contributed by atoms with van der Waals surface area (Å²) < 4.78 is 0. The standard InChI is InChI=1S/C16H30O/c1-3-4-13-5-10-16(12(2)11-13)14-6-8-15(17)9-7-14/h12-17H,3-11H2,1-2H3. The van der Waals surface area contributed by atoms with Gasteiger partial charge in [0.25, 0.3) is 0 Å². The Morgan fingerprint density at radius 2 is 1.71 bits per heavy atom. The van der Waals surface area contributed by atoms with Crippen molar-refractivity contribution in [2.45, 2.75) is 77.7 Å². The SMILES string of the molecule is CCCC1CCC(C2CCC(O)CC2)C(C)C1. The summed E-state index contributed by atoms with van der Waals surface area (Å²) in [5.41, 5.74) is 0. The number of rotatable bonds is 3. The van der Waals surface area contributed by atoms with Gasteiger partial charge in [-0.15, -0.1) is 0 Å². The number of aliphatic hydroxyl groups is 1. The molecule has 0 aromatic rings. The molecular weight excluding hydrogens is 208 g/mol. The van der Waals surface area contributed by atoms with Crippen molar-refractivity contribution in [2.24, 2.45) is 23.7 Å². The first-order valence-corrected chi connectivity index (χ1v) is 7.88. The van der Waals surface area contributed by atoms with Gasteiger partial charge in [-0.1, -0.05) is 33.1 Å². The molecule has 2 aliphatic rings. The normalized spacial score (nSPS) is 43.6. The molecule has 17 heavy (non-hydrogen) atoms. The van der Waals surface area contributed by atoms with Crippen LogP contribution in [0, 0.1) is 23.7 Å². The predicted molar refractivity (Wildman–Crippen MR) is 72.9 cm³/mol. The molecule has 3 atom stereocenters. The van der Waals surface area contributed by atoms with E-state index in [-0.39, 0.29) is 6.10 Å².